The van der Waals surface area contributed by atoms with Crippen molar-refractivity contribution in [2.75, 3.05) is 11.9 Å². The van der Waals surface area contributed by atoms with Gasteiger partial charge in [-0.3, -0.25) is 4.79 Å². The van der Waals surface area contributed by atoms with Crippen LogP contribution in [0.1, 0.15) is 19.4 Å². The Morgan fingerprint density at radius 2 is 1.86 bits per heavy atom. The van der Waals surface area contributed by atoms with Gasteiger partial charge >= 0.3 is 5.97 Å². The van der Waals surface area contributed by atoms with E-state index in [1.54, 1.807) is 30.3 Å². The van der Waals surface area contributed by atoms with Crippen molar-refractivity contribution in [3.63, 3.8) is 0 Å². The first-order valence-corrected chi connectivity index (χ1v) is 10.3. The van der Waals surface area contributed by atoms with Crippen molar-refractivity contribution in [3.8, 4) is 5.75 Å². The van der Waals surface area contributed by atoms with Crippen molar-refractivity contribution in [2.45, 2.75) is 24.8 Å². The molecule has 0 aliphatic carbocycles. The first-order chi connectivity index (χ1) is 13.7. The van der Waals surface area contributed by atoms with Crippen LogP contribution < -0.4 is 15.2 Å². The minimum absolute atomic E-state index is 0.141. The van der Waals surface area contributed by atoms with Gasteiger partial charge < -0.3 is 14.8 Å². The van der Waals surface area contributed by atoms with Gasteiger partial charge in [0.15, 0.2) is 6.10 Å². The van der Waals surface area contributed by atoms with E-state index in [4.69, 9.17) is 14.6 Å². The van der Waals surface area contributed by atoms with Crippen molar-refractivity contribution in [2.24, 2.45) is 5.14 Å². The first kappa shape index (κ1) is 22.1. The van der Waals surface area contributed by atoms with Crippen molar-refractivity contribution in [1.29, 1.82) is 0 Å². The number of ether oxygens (including phenoxy) is 2. The third kappa shape index (κ3) is 7.05. The number of primary sulfonamides is 1. The van der Waals surface area contributed by atoms with Crippen molar-refractivity contribution >= 4 is 33.7 Å². The quantitative estimate of drug-likeness (QED) is 0.501. The summed E-state index contributed by atoms with van der Waals surface area (Å²) >= 11 is 0. The van der Waals surface area contributed by atoms with Crippen LogP contribution in [-0.2, 0) is 24.3 Å². The maximum Gasteiger partial charge on any atom is 0.331 e. The zero-order chi connectivity index (χ0) is 21.4. The summed E-state index contributed by atoms with van der Waals surface area (Å²) in [7, 11) is -3.89. The van der Waals surface area contributed by atoms with Gasteiger partial charge in [0.2, 0.25) is 10.0 Å². The average molecular weight is 418 g/mol. The number of rotatable bonds is 8. The van der Waals surface area contributed by atoms with Crippen LogP contribution in [0, 0.1) is 0 Å². The maximum atomic E-state index is 12.2. The zero-order valence-corrected chi connectivity index (χ0v) is 16.8. The van der Waals surface area contributed by atoms with E-state index < -0.39 is 28.0 Å². The van der Waals surface area contributed by atoms with Gasteiger partial charge in [0, 0.05) is 11.8 Å². The van der Waals surface area contributed by atoms with Crippen LogP contribution in [0.3, 0.4) is 0 Å². The average Bonchev–Trinajstić information content (AvgIpc) is 2.67. The van der Waals surface area contributed by atoms with Crippen LogP contribution >= 0.6 is 0 Å². The molecule has 2 aromatic rings. The van der Waals surface area contributed by atoms with E-state index in [1.807, 2.05) is 6.92 Å². The van der Waals surface area contributed by atoms with E-state index in [0.717, 1.165) is 11.3 Å². The molecule has 0 heterocycles. The number of nitrogens with one attached hydrogen (secondary N) is 1. The summed E-state index contributed by atoms with van der Waals surface area (Å²) in [6.07, 6.45) is 1.67. The number of nitrogens with two attached hydrogens (primary N) is 1. The molecule has 0 aromatic heterocycles. The molecule has 9 heteroatoms. The van der Waals surface area contributed by atoms with Gasteiger partial charge in [-0.05, 0) is 55.8 Å². The van der Waals surface area contributed by atoms with Crippen molar-refractivity contribution < 1.29 is 27.5 Å². The molecule has 2 rings (SSSR count). The minimum Gasteiger partial charge on any atom is -0.494 e. The highest BCUT2D eigenvalue weighted by molar-refractivity contribution is 7.89. The van der Waals surface area contributed by atoms with Gasteiger partial charge in [0.05, 0.1) is 11.5 Å². The molecular formula is C20H22N2O6S. The third-order valence-corrected chi connectivity index (χ3v) is 4.61. The Hall–Kier alpha value is -3.17. The molecule has 0 fully saturated rings. The van der Waals surface area contributed by atoms with Gasteiger partial charge in [0.1, 0.15) is 5.75 Å². The SMILES string of the molecule is CCOc1ccc(/C=C/C(=O)O[C@@H](C)C(=O)Nc2cccc(S(N)(=O)=O)c2)cc1. The molecule has 0 bridgehead atoms. The Balaban J connectivity index is 1.92. The number of carbonyl (C=O) groups excluding carboxylic acids is 2. The predicted octanol–water partition coefficient (Wildman–Crippen LogP) is 2.32. The molecule has 1 atom stereocenters. The number of esters is 1. The van der Waals surface area contributed by atoms with E-state index in [1.165, 1.54) is 37.3 Å². The number of amides is 1. The third-order valence-electron chi connectivity index (χ3n) is 3.70. The van der Waals surface area contributed by atoms with E-state index >= 15 is 0 Å². The van der Waals surface area contributed by atoms with E-state index in [-0.39, 0.29) is 10.6 Å². The first-order valence-electron chi connectivity index (χ1n) is 8.74. The van der Waals surface area contributed by atoms with E-state index in [2.05, 4.69) is 5.32 Å². The van der Waals surface area contributed by atoms with Gasteiger partial charge in [0.25, 0.3) is 5.91 Å². The van der Waals surface area contributed by atoms with Crippen molar-refractivity contribution in [3.05, 3.63) is 60.2 Å². The normalized spacial score (nSPS) is 12.4. The fraction of sp³-hybridized carbons (Fsp3) is 0.200. The van der Waals surface area contributed by atoms with Gasteiger partial charge in [-0.25, -0.2) is 18.4 Å². The summed E-state index contributed by atoms with van der Waals surface area (Å²) in [4.78, 5) is 24.0. The van der Waals surface area contributed by atoms with Crippen molar-refractivity contribution in [1.82, 2.24) is 0 Å². The van der Waals surface area contributed by atoms with Crippen LogP contribution in [-0.4, -0.2) is 33.0 Å². The van der Waals surface area contributed by atoms with Crippen LogP contribution in [0.4, 0.5) is 5.69 Å². The fourth-order valence-corrected chi connectivity index (χ4v) is 2.83. The second kappa shape index (κ2) is 9.85. The number of sulfonamides is 1. The topological polar surface area (TPSA) is 125 Å². The molecule has 2 aromatic carbocycles. The molecule has 3 N–H and O–H groups in total. The van der Waals surface area contributed by atoms with E-state index in [0.29, 0.717) is 6.61 Å². The van der Waals surface area contributed by atoms with Crippen LogP contribution in [0.5, 0.6) is 5.75 Å². The summed E-state index contributed by atoms with van der Waals surface area (Å²) in [5.74, 6) is -0.580. The molecule has 0 aliphatic rings. The molecule has 0 aliphatic heterocycles. The largest absolute Gasteiger partial charge is 0.494 e. The Labute approximate surface area is 169 Å². The zero-order valence-electron chi connectivity index (χ0n) is 16.0. The summed E-state index contributed by atoms with van der Waals surface area (Å²) in [6.45, 7) is 3.85. The van der Waals surface area contributed by atoms with Crippen LogP contribution in [0.2, 0.25) is 0 Å². The van der Waals surface area contributed by atoms with Crippen LogP contribution in [0.15, 0.2) is 59.5 Å². The fourth-order valence-electron chi connectivity index (χ4n) is 2.27. The second-order valence-electron chi connectivity index (χ2n) is 5.98. The summed E-state index contributed by atoms with van der Waals surface area (Å²) < 4.78 is 33.1. The number of anilines is 1. The molecule has 0 saturated carbocycles. The molecule has 1 amide bonds. The second-order valence-corrected chi connectivity index (χ2v) is 7.54. The predicted molar refractivity (Wildman–Crippen MR) is 109 cm³/mol. The monoisotopic (exact) mass is 418 g/mol. The lowest BCUT2D eigenvalue weighted by molar-refractivity contribution is -0.148. The number of carbonyl (C=O) groups is 2. The lowest BCUT2D eigenvalue weighted by Gasteiger charge is -2.12. The highest BCUT2D eigenvalue weighted by Gasteiger charge is 2.17. The summed E-state index contributed by atoms with van der Waals surface area (Å²) in [5, 5.41) is 7.54. The molecule has 0 spiro atoms. The van der Waals surface area contributed by atoms with Crippen LogP contribution in [0.25, 0.3) is 6.08 Å². The number of hydrogen-bond donors (Lipinski definition) is 2. The smallest absolute Gasteiger partial charge is 0.331 e. The Kier molecular flexibility index (Phi) is 7.52. The molecule has 0 unspecified atom stereocenters. The highest BCUT2D eigenvalue weighted by Crippen LogP contribution is 2.15. The molecule has 29 heavy (non-hydrogen) atoms. The van der Waals surface area contributed by atoms with E-state index in [9.17, 15) is 18.0 Å². The molecule has 0 saturated heterocycles. The highest BCUT2D eigenvalue weighted by atomic mass is 32.2. The molecule has 0 radical (unpaired) electrons. The Morgan fingerprint density at radius 1 is 1.17 bits per heavy atom. The molecular weight excluding hydrogens is 396 g/mol. The van der Waals surface area contributed by atoms with Gasteiger partial charge in [-0.15, -0.1) is 0 Å². The van der Waals surface area contributed by atoms with Gasteiger partial charge in [-0.2, -0.15) is 0 Å². The standard InChI is InChI=1S/C20H22N2O6S/c1-3-27-17-10-7-15(8-11-17)9-12-19(23)28-14(2)20(24)22-16-5-4-6-18(13-16)29(21,25)26/h4-14H,3H2,1-2H3,(H,22,24)(H2,21,25,26)/b12-9+/t14-/m0/s1. The summed E-state index contributed by atoms with van der Waals surface area (Å²) in [6, 6.07) is 12.6. The minimum atomic E-state index is -3.89. The molecule has 8 nitrogen and oxygen atoms in total. The molecule has 154 valence electrons. The lowest BCUT2D eigenvalue weighted by Crippen LogP contribution is -2.29. The van der Waals surface area contributed by atoms with Gasteiger partial charge in [-0.1, -0.05) is 18.2 Å². The Morgan fingerprint density at radius 3 is 2.48 bits per heavy atom. The maximum absolute atomic E-state index is 12.2. The summed E-state index contributed by atoms with van der Waals surface area (Å²) in [5.41, 5.74) is 0.983. The lowest BCUT2D eigenvalue weighted by atomic mass is 10.2. The Bertz CT molecular complexity index is 1000. The number of hydrogen-bond acceptors (Lipinski definition) is 6. The number of benzene rings is 2.